The maximum absolute atomic E-state index is 12.6. The van der Waals surface area contributed by atoms with Crippen molar-refractivity contribution in [2.45, 2.75) is 59.3 Å². The van der Waals surface area contributed by atoms with E-state index in [4.69, 9.17) is 4.74 Å². The molecule has 0 unspecified atom stereocenters. The van der Waals surface area contributed by atoms with Gasteiger partial charge < -0.3 is 15.4 Å². The van der Waals surface area contributed by atoms with Crippen LogP contribution in [0.3, 0.4) is 0 Å². The fraction of sp³-hybridized carbons (Fsp3) is 0.333. The van der Waals surface area contributed by atoms with Crippen molar-refractivity contribution in [3.05, 3.63) is 89.0 Å². The lowest BCUT2D eigenvalue weighted by Gasteiger charge is -2.27. The molecule has 0 spiro atoms. The summed E-state index contributed by atoms with van der Waals surface area (Å²) in [7, 11) is 0. The van der Waals surface area contributed by atoms with Crippen molar-refractivity contribution in [1.82, 2.24) is 0 Å². The lowest BCUT2D eigenvalue weighted by molar-refractivity contribution is -0.118. The van der Waals surface area contributed by atoms with Crippen LogP contribution >= 0.6 is 0 Å². The minimum Gasteiger partial charge on any atom is -0.483 e. The second kappa shape index (κ2) is 10.3. The first-order valence-electron chi connectivity index (χ1n) is 11.9. The molecule has 5 nitrogen and oxygen atoms in total. The fourth-order valence-electron chi connectivity index (χ4n) is 3.71. The van der Waals surface area contributed by atoms with E-state index in [1.54, 1.807) is 30.3 Å². The van der Waals surface area contributed by atoms with Crippen LogP contribution < -0.4 is 15.4 Å². The van der Waals surface area contributed by atoms with E-state index in [1.807, 2.05) is 31.2 Å². The van der Waals surface area contributed by atoms with Crippen LogP contribution in [0, 0.1) is 6.92 Å². The number of rotatable bonds is 6. The zero-order valence-electron chi connectivity index (χ0n) is 21.8. The molecule has 0 aliphatic heterocycles. The highest BCUT2D eigenvalue weighted by atomic mass is 16.5. The standard InChI is InChI=1S/C30H36N2O3/c1-20-10-8-9-11-24(20)28(34)32-23-15-13-22(14-16-23)31-27(33)19-35-26-17-12-21(29(2,3)4)18-25(26)30(5,6)7/h8-18H,19H2,1-7H3,(H,31,33)(H,32,34). The van der Waals surface area contributed by atoms with Gasteiger partial charge in [0.25, 0.3) is 11.8 Å². The van der Waals surface area contributed by atoms with Crippen molar-refractivity contribution >= 4 is 23.2 Å². The molecule has 0 atom stereocenters. The maximum atomic E-state index is 12.6. The number of carbonyl (C=O) groups is 2. The largest absolute Gasteiger partial charge is 0.483 e. The van der Waals surface area contributed by atoms with E-state index in [1.165, 1.54) is 5.56 Å². The van der Waals surface area contributed by atoms with Crippen molar-refractivity contribution in [3.8, 4) is 5.75 Å². The van der Waals surface area contributed by atoms with Crippen molar-refractivity contribution < 1.29 is 14.3 Å². The molecule has 5 heteroatoms. The van der Waals surface area contributed by atoms with E-state index in [9.17, 15) is 9.59 Å². The summed E-state index contributed by atoms with van der Waals surface area (Å²) in [6, 6.07) is 20.7. The van der Waals surface area contributed by atoms with E-state index in [-0.39, 0.29) is 29.3 Å². The molecule has 3 rings (SSSR count). The van der Waals surface area contributed by atoms with Crippen LogP contribution in [-0.2, 0) is 15.6 Å². The third kappa shape index (κ3) is 6.95. The summed E-state index contributed by atoms with van der Waals surface area (Å²) in [6.07, 6.45) is 0. The Hall–Kier alpha value is -3.60. The van der Waals surface area contributed by atoms with E-state index < -0.39 is 0 Å². The molecule has 3 aromatic rings. The number of aryl methyl sites for hydroxylation is 1. The smallest absolute Gasteiger partial charge is 0.262 e. The zero-order chi connectivity index (χ0) is 25.8. The second-order valence-electron chi connectivity index (χ2n) is 10.9. The molecule has 0 aromatic heterocycles. The molecule has 0 radical (unpaired) electrons. The van der Waals surface area contributed by atoms with Crippen LogP contribution in [0.4, 0.5) is 11.4 Å². The van der Waals surface area contributed by atoms with Gasteiger partial charge in [-0.1, -0.05) is 71.9 Å². The van der Waals surface area contributed by atoms with E-state index in [0.717, 1.165) is 16.9 Å². The van der Waals surface area contributed by atoms with Gasteiger partial charge >= 0.3 is 0 Å². The molecule has 0 saturated heterocycles. The third-order valence-corrected chi connectivity index (χ3v) is 5.83. The molecule has 0 aliphatic rings. The molecule has 0 saturated carbocycles. The molecular weight excluding hydrogens is 436 g/mol. The lowest BCUT2D eigenvalue weighted by Crippen LogP contribution is -2.22. The maximum Gasteiger partial charge on any atom is 0.262 e. The monoisotopic (exact) mass is 472 g/mol. The molecule has 3 aromatic carbocycles. The number of amides is 2. The van der Waals surface area contributed by atoms with Gasteiger partial charge in [0.1, 0.15) is 5.75 Å². The summed E-state index contributed by atoms with van der Waals surface area (Å²) in [5.41, 5.74) is 5.05. The first-order valence-corrected chi connectivity index (χ1v) is 11.9. The summed E-state index contributed by atoms with van der Waals surface area (Å²) in [5, 5.41) is 5.74. The average Bonchev–Trinajstić information content (AvgIpc) is 2.78. The second-order valence-corrected chi connectivity index (χ2v) is 10.9. The van der Waals surface area contributed by atoms with Crippen LogP contribution in [0.2, 0.25) is 0 Å². The minimum absolute atomic E-state index is 0.0292. The van der Waals surface area contributed by atoms with Gasteiger partial charge in [-0.3, -0.25) is 9.59 Å². The number of ether oxygens (including phenoxy) is 1. The average molecular weight is 473 g/mol. The lowest BCUT2D eigenvalue weighted by atomic mass is 9.80. The van der Waals surface area contributed by atoms with Crippen molar-refractivity contribution in [3.63, 3.8) is 0 Å². The predicted octanol–water partition coefficient (Wildman–Crippen LogP) is 6.86. The quantitative estimate of drug-likeness (QED) is 0.412. The number of nitrogens with one attached hydrogen (secondary N) is 2. The first-order chi connectivity index (χ1) is 16.3. The molecule has 35 heavy (non-hydrogen) atoms. The van der Waals surface area contributed by atoms with Gasteiger partial charge in [-0.15, -0.1) is 0 Å². The summed E-state index contributed by atoms with van der Waals surface area (Å²) in [4.78, 5) is 25.0. The predicted molar refractivity (Wildman–Crippen MR) is 144 cm³/mol. The Morgan fingerprint density at radius 3 is 1.94 bits per heavy atom. The van der Waals surface area contributed by atoms with Crippen molar-refractivity contribution in [1.29, 1.82) is 0 Å². The summed E-state index contributed by atoms with van der Waals surface area (Å²) in [6.45, 7) is 14.8. The van der Waals surface area contributed by atoms with Gasteiger partial charge in [0.05, 0.1) is 0 Å². The van der Waals surface area contributed by atoms with E-state index in [0.29, 0.717) is 16.9 Å². The van der Waals surface area contributed by atoms with Gasteiger partial charge in [-0.25, -0.2) is 0 Å². The van der Waals surface area contributed by atoms with Gasteiger partial charge in [-0.05, 0) is 70.8 Å². The Labute approximate surface area is 208 Å². The number of carbonyl (C=O) groups excluding carboxylic acids is 2. The highest BCUT2D eigenvalue weighted by molar-refractivity contribution is 6.05. The third-order valence-electron chi connectivity index (χ3n) is 5.83. The SMILES string of the molecule is Cc1ccccc1C(=O)Nc1ccc(NC(=O)COc2ccc(C(C)(C)C)cc2C(C)(C)C)cc1. The molecule has 0 aliphatic carbocycles. The molecule has 0 bridgehead atoms. The highest BCUT2D eigenvalue weighted by Gasteiger charge is 2.23. The van der Waals surface area contributed by atoms with Gasteiger partial charge in [0, 0.05) is 16.9 Å². The Kier molecular flexibility index (Phi) is 7.69. The topological polar surface area (TPSA) is 67.4 Å². The molecular formula is C30H36N2O3. The van der Waals surface area contributed by atoms with Gasteiger partial charge in [0.2, 0.25) is 0 Å². The zero-order valence-corrected chi connectivity index (χ0v) is 21.8. The Balaban J connectivity index is 1.61. The fourth-order valence-corrected chi connectivity index (χ4v) is 3.71. The first kappa shape index (κ1) is 26.0. The molecule has 2 amide bonds. The highest BCUT2D eigenvalue weighted by Crippen LogP contribution is 2.35. The summed E-state index contributed by atoms with van der Waals surface area (Å²) in [5.74, 6) is 0.303. The van der Waals surface area contributed by atoms with Gasteiger partial charge in [0.15, 0.2) is 6.61 Å². The van der Waals surface area contributed by atoms with Gasteiger partial charge in [-0.2, -0.15) is 0 Å². The van der Waals surface area contributed by atoms with Crippen LogP contribution in [0.15, 0.2) is 66.7 Å². The van der Waals surface area contributed by atoms with Crippen LogP contribution in [0.25, 0.3) is 0 Å². The number of hydrogen-bond acceptors (Lipinski definition) is 3. The Morgan fingerprint density at radius 1 is 0.771 bits per heavy atom. The summed E-state index contributed by atoms with van der Waals surface area (Å²) >= 11 is 0. The van der Waals surface area contributed by atoms with Crippen molar-refractivity contribution in [2.24, 2.45) is 0 Å². The van der Waals surface area contributed by atoms with Crippen molar-refractivity contribution in [2.75, 3.05) is 17.2 Å². The molecule has 0 fully saturated rings. The number of benzene rings is 3. The Morgan fingerprint density at radius 2 is 1.37 bits per heavy atom. The molecule has 0 heterocycles. The Bertz CT molecular complexity index is 1200. The van der Waals surface area contributed by atoms with E-state index >= 15 is 0 Å². The minimum atomic E-state index is -0.249. The number of anilines is 2. The van der Waals surface area contributed by atoms with Crippen LogP contribution in [0.5, 0.6) is 5.75 Å². The van der Waals surface area contributed by atoms with Crippen LogP contribution in [-0.4, -0.2) is 18.4 Å². The van der Waals surface area contributed by atoms with E-state index in [2.05, 4.69) is 64.3 Å². The molecule has 184 valence electrons. The number of hydrogen-bond donors (Lipinski definition) is 2. The van der Waals surface area contributed by atoms with Crippen LogP contribution in [0.1, 0.15) is 68.6 Å². The summed E-state index contributed by atoms with van der Waals surface area (Å²) < 4.78 is 5.93. The molecule has 2 N–H and O–H groups in total. The normalized spacial score (nSPS) is 11.6.